The van der Waals surface area contributed by atoms with Gasteiger partial charge in [0.15, 0.2) is 0 Å². The van der Waals surface area contributed by atoms with Gasteiger partial charge in [0.05, 0.1) is 6.61 Å². The number of likely N-dealkylation sites (tertiary alicyclic amines) is 1. The largest absolute Gasteiger partial charge is 0.450 e. The highest BCUT2D eigenvalue weighted by atomic mass is 16.6. The Hall–Kier alpha value is -0.770. The van der Waals surface area contributed by atoms with E-state index in [0.717, 1.165) is 37.8 Å². The summed E-state index contributed by atoms with van der Waals surface area (Å²) in [5, 5.41) is 3.74. The number of carbonyl (C=O) groups is 1. The Balaban J connectivity index is 1.60. The van der Waals surface area contributed by atoms with Crippen molar-refractivity contribution in [1.82, 2.24) is 10.2 Å². The average Bonchev–Trinajstić information content (AvgIpc) is 2.54. The first-order valence-corrected chi connectivity index (χ1v) is 8.88. The lowest BCUT2D eigenvalue weighted by molar-refractivity contribution is 0.0944. The predicted molar refractivity (Wildman–Crippen MR) is 85.4 cm³/mol. The number of nitrogens with one attached hydrogen (secondary N) is 1. The molecule has 0 aromatic rings. The quantitative estimate of drug-likeness (QED) is 0.845. The smallest absolute Gasteiger partial charge is 0.409 e. The minimum atomic E-state index is -0.145. The van der Waals surface area contributed by atoms with Crippen LogP contribution in [0.2, 0.25) is 0 Å². The van der Waals surface area contributed by atoms with Crippen LogP contribution in [0.25, 0.3) is 0 Å². The number of piperidine rings is 1. The van der Waals surface area contributed by atoms with Gasteiger partial charge in [0.1, 0.15) is 0 Å². The molecule has 0 aromatic carbocycles. The summed E-state index contributed by atoms with van der Waals surface area (Å²) in [4.78, 5) is 13.5. The molecular weight excluding hydrogens is 264 g/mol. The second kappa shape index (κ2) is 8.62. The second-order valence-electron chi connectivity index (χ2n) is 6.66. The molecule has 0 bridgehead atoms. The van der Waals surface area contributed by atoms with Crippen LogP contribution in [-0.2, 0) is 4.74 Å². The van der Waals surface area contributed by atoms with E-state index in [2.05, 4.69) is 12.2 Å². The SMILES string of the molecule is CCOC(=O)N1CCC(NCC2CCC(CC)CC2)CC1. The maximum Gasteiger partial charge on any atom is 0.409 e. The number of nitrogens with zero attached hydrogens (tertiary/aromatic N) is 1. The number of hydrogen-bond acceptors (Lipinski definition) is 3. The number of amides is 1. The van der Waals surface area contributed by atoms with Crippen molar-refractivity contribution in [2.75, 3.05) is 26.2 Å². The molecule has 0 spiro atoms. The summed E-state index contributed by atoms with van der Waals surface area (Å²) in [6, 6.07) is 0.583. The highest BCUT2D eigenvalue weighted by Crippen LogP contribution is 2.30. The van der Waals surface area contributed by atoms with E-state index in [-0.39, 0.29) is 6.09 Å². The Morgan fingerprint density at radius 1 is 1.05 bits per heavy atom. The molecule has 1 N–H and O–H groups in total. The van der Waals surface area contributed by atoms with Gasteiger partial charge in [-0.1, -0.05) is 26.2 Å². The van der Waals surface area contributed by atoms with E-state index in [1.54, 1.807) is 0 Å². The van der Waals surface area contributed by atoms with Crippen molar-refractivity contribution in [3.63, 3.8) is 0 Å². The highest BCUT2D eigenvalue weighted by Gasteiger charge is 2.25. The van der Waals surface area contributed by atoms with Crippen LogP contribution >= 0.6 is 0 Å². The molecule has 1 aliphatic carbocycles. The first-order valence-electron chi connectivity index (χ1n) is 8.88. The van der Waals surface area contributed by atoms with Crippen molar-refractivity contribution in [2.45, 2.75) is 64.8 Å². The van der Waals surface area contributed by atoms with Gasteiger partial charge in [0.2, 0.25) is 0 Å². The molecule has 1 aliphatic heterocycles. The summed E-state index contributed by atoms with van der Waals surface area (Å²) in [6.45, 7) is 7.48. The second-order valence-corrected chi connectivity index (χ2v) is 6.66. The fourth-order valence-electron chi connectivity index (χ4n) is 3.66. The van der Waals surface area contributed by atoms with E-state index in [0.29, 0.717) is 12.6 Å². The molecule has 0 aromatic heterocycles. The molecule has 122 valence electrons. The van der Waals surface area contributed by atoms with Crippen LogP contribution in [-0.4, -0.2) is 43.3 Å². The molecule has 1 saturated heterocycles. The number of hydrogen-bond donors (Lipinski definition) is 1. The standard InChI is InChI=1S/C17H32N2O2/c1-3-14-5-7-15(8-6-14)13-18-16-9-11-19(12-10-16)17(20)21-4-2/h14-16,18H,3-13H2,1-2H3. The van der Waals surface area contributed by atoms with Gasteiger partial charge in [-0.3, -0.25) is 0 Å². The fourth-order valence-corrected chi connectivity index (χ4v) is 3.66. The van der Waals surface area contributed by atoms with Gasteiger partial charge in [-0.05, 0) is 51.0 Å². The molecule has 2 aliphatic rings. The Labute approximate surface area is 129 Å². The van der Waals surface area contributed by atoms with Crippen molar-refractivity contribution in [3.8, 4) is 0 Å². The molecule has 2 fully saturated rings. The molecule has 0 unspecified atom stereocenters. The summed E-state index contributed by atoms with van der Waals surface area (Å²) in [5.41, 5.74) is 0. The first-order chi connectivity index (χ1) is 10.2. The summed E-state index contributed by atoms with van der Waals surface area (Å²) < 4.78 is 5.06. The van der Waals surface area contributed by atoms with Gasteiger partial charge in [-0.15, -0.1) is 0 Å². The van der Waals surface area contributed by atoms with Crippen LogP contribution in [0, 0.1) is 11.8 Å². The fraction of sp³-hybridized carbons (Fsp3) is 0.941. The number of carbonyl (C=O) groups excluding carboxylic acids is 1. The number of rotatable bonds is 5. The maximum absolute atomic E-state index is 11.7. The van der Waals surface area contributed by atoms with Crippen molar-refractivity contribution >= 4 is 6.09 Å². The third-order valence-corrected chi connectivity index (χ3v) is 5.26. The molecule has 1 amide bonds. The molecule has 4 nitrogen and oxygen atoms in total. The topological polar surface area (TPSA) is 41.6 Å². The van der Waals surface area contributed by atoms with Crippen molar-refractivity contribution < 1.29 is 9.53 Å². The zero-order valence-electron chi connectivity index (χ0n) is 13.8. The average molecular weight is 296 g/mol. The lowest BCUT2D eigenvalue weighted by Gasteiger charge is -2.34. The predicted octanol–water partition coefficient (Wildman–Crippen LogP) is 3.41. The Kier molecular flexibility index (Phi) is 6.81. The van der Waals surface area contributed by atoms with Gasteiger partial charge in [0, 0.05) is 19.1 Å². The van der Waals surface area contributed by atoms with Crippen LogP contribution in [0.5, 0.6) is 0 Å². The third kappa shape index (κ3) is 5.17. The van der Waals surface area contributed by atoms with E-state index in [1.165, 1.54) is 38.6 Å². The van der Waals surface area contributed by atoms with E-state index in [1.807, 2.05) is 11.8 Å². The van der Waals surface area contributed by atoms with Gasteiger partial charge in [-0.2, -0.15) is 0 Å². The van der Waals surface area contributed by atoms with Crippen molar-refractivity contribution in [1.29, 1.82) is 0 Å². The van der Waals surface area contributed by atoms with Crippen LogP contribution in [0.3, 0.4) is 0 Å². The monoisotopic (exact) mass is 296 g/mol. The van der Waals surface area contributed by atoms with Crippen LogP contribution in [0.1, 0.15) is 58.8 Å². The third-order valence-electron chi connectivity index (χ3n) is 5.26. The van der Waals surface area contributed by atoms with Gasteiger partial charge in [0.25, 0.3) is 0 Å². The van der Waals surface area contributed by atoms with Crippen molar-refractivity contribution in [2.24, 2.45) is 11.8 Å². The molecule has 4 heteroatoms. The minimum absolute atomic E-state index is 0.145. The lowest BCUT2D eigenvalue weighted by atomic mass is 9.81. The number of ether oxygens (including phenoxy) is 1. The van der Waals surface area contributed by atoms with Crippen molar-refractivity contribution in [3.05, 3.63) is 0 Å². The molecule has 0 radical (unpaired) electrons. The Bertz CT molecular complexity index is 306. The normalized spacial score (nSPS) is 27.6. The summed E-state index contributed by atoms with van der Waals surface area (Å²) in [5.74, 6) is 1.85. The highest BCUT2D eigenvalue weighted by molar-refractivity contribution is 5.67. The molecule has 2 rings (SSSR count). The summed E-state index contributed by atoms with van der Waals surface area (Å²) >= 11 is 0. The zero-order chi connectivity index (χ0) is 15.1. The van der Waals surface area contributed by atoms with Crippen LogP contribution in [0.4, 0.5) is 4.79 Å². The van der Waals surface area contributed by atoms with Gasteiger partial charge < -0.3 is 15.0 Å². The molecular formula is C17H32N2O2. The lowest BCUT2D eigenvalue weighted by Crippen LogP contribution is -2.46. The van der Waals surface area contributed by atoms with Crippen LogP contribution < -0.4 is 5.32 Å². The molecule has 1 saturated carbocycles. The van der Waals surface area contributed by atoms with E-state index in [9.17, 15) is 4.79 Å². The molecule has 0 atom stereocenters. The zero-order valence-corrected chi connectivity index (χ0v) is 13.8. The minimum Gasteiger partial charge on any atom is -0.450 e. The Morgan fingerprint density at radius 2 is 1.67 bits per heavy atom. The molecule has 21 heavy (non-hydrogen) atoms. The molecule has 1 heterocycles. The summed E-state index contributed by atoms with van der Waals surface area (Å²) in [6.07, 6.45) is 8.96. The van der Waals surface area contributed by atoms with E-state index < -0.39 is 0 Å². The van der Waals surface area contributed by atoms with Gasteiger partial charge in [-0.25, -0.2) is 4.79 Å². The maximum atomic E-state index is 11.7. The van der Waals surface area contributed by atoms with Crippen LogP contribution in [0.15, 0.2) is 0 Å². The van der Waals surface area contributed by atoms with E-state index in [4.69, 9.17) is 4.74 Å². The van der Waals surface area contributed by atoms with E-state index >= 15 is 0 Å². The van der Waals surface area contributed by atoms with Gasteiger partial charge >= 0.3 is 6.09 Å². The first kappa shape index (κ1) is 16.6. The Morgan fingerprint density at radius 3 is 2.24 bits per heavy atom. The summed E-state index contributed by atoms with van der Waals surface area (Å²) in [7, 11) is 0.